The Bertz CT molecular complexity index is 269. The van der Waals surface area contributed by atoms with Gasteiger partial charge in [0, 0.05) is 11.0 Å². The normalized spacial score (nSPS) is 10.6. The first kappa shape index (κ1) is 10.3. The molecule has 0 saturated heterocycles. The number of ether oxygens (including phenoxy) is 1. The molecule has 0 aliphatic heterocycles. The molecule has 1 rings (SSSR count). The highest BCUT2D eigenvalue weighted by Gasteiger charge is 1.90. The third-order valence-corrected chi connectivity index (χ3v) is 1.99. The molecule has 0 bridgehead atoms. The van der Waals surface area contributed by atoms with Crippen LogP contribution in [0.25, 0.3) is 0 Å². The molecule has 0 aliphatic carbocycles. The van der Waals surface area contributed by atoms with E-state index in [2.05, 4.69) is 15.9 Å². The van der Waals surface area contributed by atoms with Gasteiger partial charge >= 0.3 is 0 Å². The quantitative estimate of drug-likeness (QED) is 0.822. The maximum Gasteiger partial charge on any atom is 0.119 e. The highest BCUT2D eigenvalue weighted by atomic mass is 79.9. The summed E-state index contributed by atoms with van der Waals surface area (Å²) in [5, 5.41) is 0. The lowest BCUT2D eigenvalue weighted by atomic mass is 10.3. The number of hydrogen-bond acceptors (Lipinski definition) is 2. The van der Waals surface area contributed by atoms with Crippen molar-refractivity contribution in [2.24, 2.45) is 5.73 Å². The predicted molar refractivity (Wildman–Crippen MR) is 57.8 cm³/mol. The average Bonchev–Trinajstić information content (AvgIpc) is 2.15. The molecule has 13 heavy (non-hydrogen) atoms. The fourth-order valence-corrected chi connectivity index (χ4v) is 1.10. The van der Waals surface area contributed by atoms with E-state index in [0.717, 1.165) is 10.2 Å². The van der Waals surface area contributed by atoms with Crippen LogP contribution in [0.2, 0.25) is 0 Å². The van der Waals surface area contributed by atoms with Gasteiger partial charge in [0.25, 0.3) is 0 Å². The molecule has 70 valence electrons. The number of halogens is 1. The largest absolute Gasteiger partial charge is 0.490 e. The van der Waals surface area contributed by atoms with Crippen LogP contribution in [0.15, 0.2) is 40.9 Å². The predicted octanol–water partition coefficient (Wildman–Crippen LogP) is 2.34. The van der Waals surface area contributed by atoms with Crippen molar-refractivity contribution in [1.29, 1.82) is 0 Å². The summed E-state index contributed by atoms with van der Waals surface area (Å²) in [5.74, 6) is 0.866. The first-order valence-corrected chi connectivity index (χ1v) is 4.85. The zero-order chi connectivity index (χ0) is 9.52. The fourth-order valence-electron chi connectivity index (χ4n) is 0.839. The Morgan fingerprint density at radius 1 is 1.23 bits per heavy atom. The molecule has 0 aliphatic rings. The second kappa shape index (κ2) is 5.78. The Labute approximate surface area is 86.5 Å². The van der Waals surface area contributed by atoms with Crippen LogP contribution in [0.5, 0.6) is 5.75 Å². The van der Waals surface area contributed by atoms with Crippen LogP contribution in [0.3, 0.4) is 0 Å². The lowest BCUT2D eigenvalue weighted by Crippen LogP contribution is -1.96. The van der Waals surface area contributed by atoms with Crippen molar-refractivity contribution in [3.8, 4) is 5.75 Å². The second-order valence-electron chi connectivity index (χ2n) is 2.47. The van der Waals surface area contributed by atoms with Gasteiger partial charge in [0.05, 0.1) is 0 Å². The summed E-state index contributed by atoms with van der Waals surface area (Å²) >= 11 is 3.35. The van der Waals surface area contributed by atoms with Crippen LogP contribution in [0, 0.1) is 0 Å². The van der Waals surface area contributed by atoms with Gasteiger partial charge < -0.3 is 10.5 Å². The molecule has 0 heterocycles. The van der Waals surface area contributed by atoms with E-state index >= 15 is 0 Å². The van der Waals surface area contributed by atoms with E-state index in [-0.39, 0.29) is 0 Å². The van der Waals surface area contributed by atoms with Crippen molar-refractivity contribution in [3.05, 3.63) is 40.9 Å². The van der Waals surface area contributed by atoms with Gasteiger partial charge in [0.2, 0.25) is 0 Å². The Kier molecular flexibility index (Phi) is 4.57. The zero-order valence-electron chi connectivity index (χ0n) is 7.24. The fraction of sp³-hybridized carbons (Fsp3) is 0.200. The molecule has 0 aromatic heterocycles. The minimum atomic E-state index is 0.559. The van der Waals surface area contributed by atoms with Gasteiger partial charge in [-0.1, -0.05) is 28.1 Å². The molecule has 0 saturated carbocycles. The summed E-state index contributed by atoms with van der Waals surface area (Å²) in [7, 11) is 0. The molecule has 0 spiro atoms. The molecular formula is C10H12BrNO. The minimum Gasteiger partial charge on any atom is -0.490 e. The minimum absolute atomic E-state index is 0.559. The summed E-state index contributed by atoms with van der Waals surface area (Å²) in [4.78, 5) is 0. The standard InChI is InChI=1S/C10H12BrNO/c11-9-3-5-10(6-4-9)13-8-2-1-7-12/h1-6H,7-8,12H2/b2-1+. The van der Waals surface area contributed by atoms with Crippen molar-refractivity contribution in [3.63, 3.8) is 0 Å². The number of nitrogens with two attached hydrogens (primary N) is 1. The Morgan fingerprint density at radius 3 is 2.54 bits per heavy atom. The Hall–Kier alpha value is -0.800. The first-order chi connectivity index (χ1) is 6.33. The van der Waals surface area contributed by atoms with E-state index < -0.39 is 0 Å². The molecule has 1 aromatic rings. The molecule has 0 unspecified atom stereocenters. The van der Waals surface area contributed by atoms with Crippen molar-refractivity contribution >= 4 is 15.9 Å². The van der Waals surface area contributed by atoms with Gasteiger partial charge in [-0.2, -0.15) is 0 Å². The lowest BCUT2D eigenvalue weighted by Gasteiger charge is -2.01. The molecule has 0 fully saturated rings. The third-order valence-electron chi connectivity index (χ3n) is 1.46. The van der Waals surface area contributed by atoms with Crippen LogP contribution in [-0.4, -0.2) is 13.2 Å². The maximum absolute atomic E-state index is 5.40. The Morgan fingerprint density at radius 2 is 1.92 bits per heavy atom. The summed E-state index contributed by atoms with van der Waals surface area (Å²) in [5.41, 5.74) is 5.28. The lowest BCUT2D eigenvalue weighted by molar-refractivity contribution is 0.362. The average molecular weight is 242 g/mol. The first-order valence-electron chi connectivity index (χ1n) is 4.06. The van der Waals surface area contributed by atoms with Gasteiger partial charge in [0.1, 0.15) is 12.4 Å². The van der Waals surface area contributed by atoms with Gasteiger partial charge in [-0.25, -0.2) is 0 Å². The highest BCUT2D eigenvalue weighted by Crippen LogP contribution is 2.15. The van der Waals surface area contributed by atoms with Crippen molar-refractivity contribution in [1.82, 2.24) is 0 Å². The van der Waals surface area contributed by atoms with Crippen LogP contribution in [-0.2, 0) is 0 Å². The van der Waals surface area contributed by atoms with E-state index in [4.69, 9.17) is 10.5 Å². The molecule has 0 amide bonds. The highest BCUT2D eigenvalue weighted by molar-refractivity contribution is 9.10. The topological polar surface area (TPSA) is 35.2 Å². The summed E-state index contributed by atoms with van der Waals surface area (Å²) < 4.78 is 6.45. The molecule has 3 heteroatoms. The smallest absolute Gasteiger partial charge is 0.119 e. The summed E-state index contributed by atoms with van der Waals surface area (Å²) in [6.45, 7) is 1.13. The number of benzene rings is 1. The molecule has 0 atom stereocenters. The van der Waals surface area contributed by atoms with Crippen LogP contribution in [0.1, 0.15) is 0 Å². The van der Waals surface area contributed by atoms with Crippen LogP contribution < -0.4 is 10.5 Å². The summed E-state index contributed by atoms with van der Waals surface area (Å²) in [6, 6.07) is 7.73. The maximum atomic E-state index is 5.40. The van der Waals surface area contributed by atoms with Gasteiger partial charge in [-0.05, 0) is 24.3 Å². The van der Waals surface area contributed by atoms with Gasteiger partial charge in [0.15, 0.2) is 0 Å². The number of hydrogen-bond donors (Lipinski definition) is 1. The van der Waals surface area contributed by atoms with Crippen molar-refractivity contribution < 1.29 is 4.74 Å². The molecule has 1 aromatic carbocycles. The SMILES string of the molecule is NC/C=C/COc1ccc(Br)cc1. The molecule has 0 radical (unpaired) electrons. The summed E-state index contributed by atoms with van der Waals surface area (Å²) in [6.07, 6.45) is 3.78. The van der Waals surface area contributed by atoms with E-state index in [0.29, 0.717) is 13.2 Å². The van der Waals surface area contributed by atoms with E-state index in [1.165, 1.54) is 0 Å². The van der Waals surface area contributed by atoms with Crippen molar-refractivity contribution in [2.45, 2.75) is 0 Å². The van der Waals surface area contributed by atoms with Gasteiger partial charge in [-0.15, -0.1) is 0 Å². The monoisotopic (exact) mass is 241 g/mol. The van der Waals surface area contributed by atoms with E-state index in [1.54, 1.807) is 0 Å². The van der Waals surface area contributed by atoms with Gasteiger partial charge in [-0.3, -0.25) is 0 Å². The van der Waals surface area contributed by atoms with Crippen molar-refractivity contribution in [2.75, 3.05) is 13.2 Å². The molecular weight excluding hydrogens is 230 g/mol. The van der Waals surface area contributed by atoms with E-state index in [1.807, 2.05) is 36.4 Å². The second-order valence-corrected chi connectivity index (χ2v) is 3.39. The number of rotatable bonds is 4. The molecule has 2 nitrogen and oxygen atoms in total. The van der Waals surface area contributed by atoms with E-state index in [9.17, 15) is 0 Å². The third kappa shape index (κ3) is 4.10. The molecule has 2 N–H and O–H groups in total. The zero-order valence-corrected chi connectivity index (χ0v) is 8.83. The van der Waals surface area contributed by atoms with Crippen LogP contribution >= 0.6 is 15.9 Å². The van der Waals surface area contributed by atoms with Crippen LogP contribution in [0.4, 0.5) is 0 Å². The Balaban J connectivity index is 2.37.